The summed E-state index contributed by atoms with van der Waals surface area (Å²) in [6.45, 7) is 5.12. The second-order valence-electron chi connectivity index (χ2n) is 19.0. The number of imidazole rings is 2. The summed E-state index contributed by atoms with van der Waals surface area (Å²) in [5, 5.41) is 9.84. The number of alkyl carbamates (subject to hydrolysis) is 1. The van der Waals surface area contributed by atoms with Gasteiger partial charge in [0, 0.05) is 48.7 Å². The number of carbonyl (C=O) groups excluding carboxylic acids is 4. The highest BCUT2D eigenvalue weighted by Gasteiger charge is 2.43. The summed E-state index contributed by atoms with van der Waals surface area (Å²) in [7, 11) is 2.96. The number of hydrogen-bond donors (Lipinski definition) is 4. The molecular weight excluding hydrogens is 857 g/mol. The van der Waals surface area contributed by atoms with Crippen LogP contribution in [0.4, 0.5) is 4.79 Å². The lowest BCUT2D eigenvalue weighted by atomic mass is 9.84. The normalized spacial score (nSPS) is 20.5. The number of methoxy groups -OCH3 is 2. The van der Waals surface area contributed by atoms with Gasteiger partial charge in [-0.25, -0.2) is 14.8 Å². The van der Waals surface area contributed by atoms with Gasteiger partial charge in [0.1, 0.15) is 23.7 Å². The molecule has 4 heterocycles. The maximum absolute atomic E-state index is 14.7. The molecule has 0 bridgehead atoms. The first-order valence-electron chi connectivity index (χ1n) is 23.6. The van der Waals surface area contributed by atoms with Crippen LogP contribution in [0, 0.1) is 36.0 Å². The second kappa shape index (κ2) is 18.4. The quantitative estimate of drug-likeness (QED) is 0.0883. The van der Waals surface area contributed by atoms with Crippen molar-refractivity contribution in [2.24, 2.45) is 23.7 Å². The third-order valence-electron chi connectivity index (χ3n) is 14.4. The molecule has 0 spiro atoms. The van der Waals surface area contributed by atoms with Crippen LogP contribution in [-0.2, 0) is 23.9 Å². The van der Waals surface area contributed by atoms with Gasteiger partial charge in [-0.05, 0) is 83.3 Å². The Balaban J connectivity index is 0.925. The minimum atomic E-state index is -0.806. The van der Waals surface area contributed by atoms with Crippen LogP contribution >= 0.6 is 0 Å². The Hall–Kier alpha value is -7.24. The Morgan fingerprint density at radius 3 is 1.91 bits per heavy atom. The van der Waals surface area contributed by atoms with Crippen LogP contribution in [-0.4, -0.2) is 93.5 Å². The summed E-state index contributed by atoms with van der Waals surface area (Å²) in [6, 6.07) is 28.2. The number of aromatic nitrogens is 4. The Bertz CT molecular complexity index is 3110. The lowest BCUT2D eigenvalue weighted by Gasteiger charge is -2.31. The highest BCUT2D eigenvalue weighted by atomic mass is 16.5. The van der Waals surface area contributed by atoms with Crippen molar-refractivity contribution in [3.63, 3.8) is 0 Å². The van der Waals surface area contributed by atoms with Crippen LogP contribution in [0.25, 0.3) is 54.7 Å². The van der Waals surface area contributed by atoms with Gasteiger partial charge in [-0.3, -0.25) is 14.4 Å². The number of benzene rings is 5. The van der Waals surface area contributed by atoms with Gasteiger partial charge in [0.05, 0.1) is 47.9 Å². The molecule has 0 radical (unpaired) electrons. The summed E-state index contributed by atoms with van der Waals surface area (Å²) < 4.78 is 10.4. The van der Waals surface area contributed by atoms with Gasteiger partial charge >= 0.3 is 6.09 Å². The fourth-order valence-corrected chi connectivity index (χ4v) is 10.5. The van der Waals surface area contributed by atoms with Crippen LogP contribution in [0.1, 0.15) is 81.3 Å². The summed E-state index contributed by atoms with van der Waals surface area (Å²) in [5.74, 6) is 3.45. The van der Waals surface area contributed by atoms with Crippen LogP contribution < -0.4 is 10.6 Å². The molecule has 3 fully saturated rings. The van der Waals surface area contributed by atoms with Crippen molar-refractivity contribution in [2.45, 2.75) is 70.1 Å². The molecule has 2 aliphatic heterocycles. The monoisotopic (exact) mass is 912 g/mol. The average molecular weight is 913 g/mol. The van der Waals surface area contributed by atoms with E-state index in [2.05, 4.69) is 75.1 Å². The van der Waals surface area contributed by atoms with E-state index < -0.39 is 24.2 Å². The summed E-state index contributed by atoms with van der Waals surface area (Å²) in [6.07, 6.45) is 9.18. The molecule has 10 rings (SSSR count). The van der Waals surface area contributed by atoms with E-state index >= 15 is 0 Å². The Labute approximate surface area is 394 Å². The topological polar surface area (TPSA) is 175 Å². The van der Waals surface area contributed by atoms with Crippen LogP contribution in [0.2, 0.25) is 0 Å². The molecule has 5 aromatic carbocycles. The Kier molecular flexibility index (Phi) is 12.1. The van der Waals surface area contributed by atoms with E-state index in [9.17, 15) is 19.2 Å². The predicted molar refractivity (Wildman–Crippen MR) is 261 cm³/mol. The minimum Gasteiger partial charge on any atom is -0.453 e. The first kappa shape index (κ1) is 44.6. The van der Waals surface area contributed by atoms with Crippen molar-refractivity contribution in [1.29, 1.82) is 0 Å². The zero-order chi connectivity index (χ0) is 47.2. The molecule has 7 aromatic rings. The van der Waals surface area contributed by atoms with Crippen molar-refractivity contribution >= 4 is 67.4 Å². The number of fused-ring (bicyclic) bond motifs is 6. The highest BCUT2D eigenvalue weighted by Crippen LogP contribution is 2.41. The van der Waals surface area contributed by atoms with Gasteiger partial charge in [-0.1, -0.05) is 87.0 Å². The van der Waals surface area contributed by atoms with E-state index in [1.54, 1.807) is 12.0 Å². The SMILES string of the molecule is C#C[C@H]1C[C@@H](c2nc3c(ccc4cc(-c5ccc6c(ccc7[nH]c([C@@H]8C[C@H](COC)CN8C(=O)[C@H](NC(=O)C8CCC8)c8ccccc8)nc76)c5)ccc43)[nH]2)N(C(=O)[C@@H](NC(=O)OC)C(C)C)C1. The number of nitrogens with zero attached hydrogens (tertiary/aromatic N) is 4. The molecule has 14 nitrogen and oxygen atoms in total. The summed E-state index contributed by atoms with van der Waals surface area (Å²) in [5.41, 5.74) is 6.21. The lowest BCUT2D eigenvalue weighted by molar-refractivity contribution is -0.139. The number of ether oxygens (including phenoxy) is 2. The molecule has 68 heavy (non-hydrogen) atoms. The van der Waals surface area contributed by atoms with Gasteiger partial charge < -0.3 is 39.9 Å². The molecule has 6 atom stereocenters. The van der Waals surface area contributed by atoms with E-state index in [1.165, 1.54) is 7.11 Å². The molecule has 1 aliphatic carbocycles. The fraction of sp³-hybridized carbons (Fsp3) is 0.370. The third kappa shape index (κ3) is 8.29. The number of rotatable bonds is 12. The second-order valence-corrected chi connectivity index (χ2v) is 19.0. The largest absolute Gasteiger partial charge is 0.453 e. The molecule has 3 aliphatic rings. The third-order valence-corrected chi connectivity index (χ3v) is 14.4. The van der Waals surface area contributed by atoms with Crippen molar-refractivity contribution < 1.29 is 28.7 Å². The molecule has 2 aromatic heterocycles. The van der Waals surface area contributed by atoms with E-state index in [-0.39, 0.29) is 47.4 Å². The first-order valence-corrected chi connectivity index (χ1v) is 23.6. The Morgan fingerprint density at radius 1 is 0.765 bits per heavy atom. The average Bonchev–Trinajstić information content (AvgIpc) is 4.16. The van der Waals surface area contributed by atoms with Gasteiger partial charge in [0.2, 0.25) is 17.7 Å². The van der Waals surface area contributed by atoms with E-state index in [1.807, 2.05) is 61.2 Å². The number of carbonyl (C=O) groups is 4. The number of aromatic amines is 2. The molecule has 2 saturated heterocycles. The molecular formula is C54H56N8O6. The molecule has 4 N–H and O–H groups in total. The standard InChI is InChI=1S/C54H56N8O6/c1-6-31-23-43(61(27-31)52(64)45(30(2)3)60-54(66)68-5)49-55-41-21-17-37-25-35(15-19-39(37)47(41)57-49)36-16-20-40-38(26-36)18-22-42-48(40)58-50(56-42)44-24-32(29-67-4)28-62(44)53(65)46(33-11-8-7-9-12-33)59-51(63)34-13-10-14-34/h1,7-9,11-12,15-22,25-26,30-32,34,43-46H,10,13-14,23-24,27-29H2,2-5H3,(H,55,57)(H,56,58)(H,59,63)(H,60,66)/t31-,32-,43-,44-,45-,46+/m0/s1. The summed E-state index contributed by atoms with van der Waals surface area (Å²) in [4.78, 5) is 75.1. The van der Waals surface area contributed by atoms with Crippen molar-refractivity contribution in [3.8, 4) is 23.5 Å². The maximum atomic E-state index is 14.7. The lowest BCUT2D eigenvalue weighted by Crippen LogP contribution is -2.51. The number of H-pyrrole nitrogens is 2. The molecule has 0 unspecified atom stereocenters. The van der Waals surface area contributed by atoms with E-state index in [0.29, 0.717) is 44.2 Å². The summed E-state index contributed by atoms with van der Waals surface area (Å²) >= 11 is 0. The molecule has 4 amide bonds. The van der Waals surface area contributed by atoms with E-state index in [0.717, 1.165) is 79.6 Å². The van der Waals surface area contributed by atoms with Gasteiger partial charge in [-0.2, -0.15) is 0 Å². The van der Waals surface area contributed by atoms with Crippen molar-refractivity contribution in [3.05, 3.63) is 108 Å². The number of terminal acetylenes is 1. The number of amides is 4. The molecule has 348 valence electrons. The van der Waals surface area contributed by atoms with Crippen molar-refractivity contribution in [1.82, 2.24) is 40.4 Å². The number of nitrogens with one attached hydrogen (secondary N) is 4. The van der Waals surface area contributed by atoms with Gasteiger partial charge in [0.25, 0.3) is 0 Å². The van der Waals surface area contributed by atoms with Crippen LogP contribution in [0.3, 0.4) is 0 Å². The zero-order valence-corrected chi connectivity index (χ0v) is 38.8. The van der Waals surface area contributed by atoms with Crippen LogP contribution in [0.15, 0.2) is 91.0 Å². The van der Waals surface area contributed by atoms with Gasteiger partial charge in [0.15, 0.2) is 0 Å². The van der Waals surface area contributed by atoms with Crippen molar-refractivity contribution in [2.75, 3.05) is 33.9 Å². The first-order chi connectivity index (χ1) is 33.0. The maximum Gasteiger partial charge on any atom is 0.407 e. The van der Waals surface area contributed by atoms with Crippen LogP contribution in [0.5, 0.6) is 0 Å². The molecule has 14 heteroatoms. The van der Waals surface area contributed by atoms with E-state index in [4.69, 9.17) is 25.9 Å². The van der Waals surface area contributed by atoms with Gasteiger partial charge in [-0.15, -0.1) is 12.3 Å². The number of hydrogen-bond acceptors (Lipinski definition) is 8. The number of likely N-dealkylation sites (tertiary alicyclic amines) is 2. The zero-order valence-electron chi connectivity index (χ0n) is 38.8. The Morgan fingerprint density at radius 2 is 1.37 bits per heavy atom. The smallest absolute Gasteiger partial charge is 0.407 e. The minimum absolute atomic E-state index is 0.0564. The predicted octanol–water partition coefficient (Wildman–Crippen LogP) is 8.51. The molecule has 1 saturated carbocycles. The highest BCUT2D eigenvalue weighted by molar-refractivity contribution is 6.07. The fourth-order valence-electron chi connectivity index (χ4n) is 10.5.